The molecular formula is C15H21BrN2. The lowest BCUT2D eigenvalue weighted by Crippen LogP contribution is -2.28. The van der Waals surface area contributed by atoms with Crippen LogP contribution in [0.5, 0.6) is 0 Å². The van der Waals surface area contributed by atoms with Crippen molar-refractivity contribution >= 4 is 15.9 Å². The first kappa shape index (κ1) is 13.8. The molecule has 0 saturated heterocycles. The molecule has 0 spiro atoms. The minimum absolute atomic E-state index is 0.519. The van der Waals surface area contributed by atoms with Crippen LogP contribution in [0.1, 0.15) is 37.7 Å². The molecule has 0 fully saturated rings. The summed E-state index contributed by atoms with van der Waals surface area (Å²) in [6.45, 7) is 0. The summed E-state index contributed by atoms with van der Waals surface area (Å²) >= 11 is 3.48. The molecule has 2 nitrogen and oxygen atoms in total. The van der Waals surface area contributed by atoms with Gasteiger partial charge in [0.1, 0.15) is 0 Å². The van der Waals surface area contributed by atoms with Crippen molar-refractivity contribution in [1.82, 2.24) is 10.3 Å². The first-order chi connectivity index (χ1) is 8.78. The number of likely N-dealkylation sites (N-methyl/N-ethyl adjacent to an activating group) is 1. The van der Waals surface area contributed by atoms with E-state index in [4.69, 9.17) is 0 Å². The van der Waals surface area contributed by atoms with Crippen molar-refractivity contribution in [3.63, 3.8) is 0 Å². The van der Waals surface area contributed by atoms with Crippen LogP contribution in [0.3, 0.4) is 0 Å². The number of nitrogens with zero attached hydrogens (tertiary/aromatic N) is 1. The molecule has 2 rings (SSSR count). The molecule has 1 atom stereocenters. The maximum atomic E-state index is 4.23. The number of hydrogen-bond donors (Lipinski definition) is 1. The van der Waals surface area contributed by atoms with Crippen LogP contribution in [0.4, 0.5) is 0 Å². The fourth-order valence-corrected chi connectivity index (χ4v) is 2.95. The highest BCUT2D eigenvalue weighted by molar-refractivity contribution is 9.10. The normalized spacial score (nSPS) is 17.3. The minimum atomic E-state index is 0.519. The van der Waals surface area contributed by atoms with Gasteiger partial charge in [-0.2, -0.15) is 0 Å². The monoisotopic (exact) mass is 308 g/mol. The van der Waals surface area contributed by atoms with E-state index in [-0.39, 0.29) is 0 Å². The lowest BCUT2D eigenvalue weighted by molar-refractivity contribution is 0.532. The van der Waals surface area contributed by atoms with Crippen molar-refractivity contribution in [3.8, 4) is 0 Å². The van der Waals surface area contributed by atoms with Gasteiger partial charge in [0.2, 0.25) is 0 Å². The van der Waals surface area contributed by atoms with E-state index in [1.807, 2.05) is 12.4 Å². The first-order valence-electron chi connectivity index (χ1n) is 6.72. The zero-order chi connectivity index (χ0) is 12.8. The van der Waals surface area contributed by atoms with E-state index in [1.165, 1.54) is 37.7 Å². The Balaban J connectivity index is 1.94. The van der Waals surface area contributed by atoms with E-state index in [2.05, 4.69) is 45.4 Å². The van der Waals surface area contributed by atoms with E-state index in [1.54, 1.807) is 5.57 Å². The van der Waals surface area contributed by atoms with Gasteiger partial charge >= 0.3 is 0 Å². The van der Waals surface area contributed by atoms with Gasteiger partial charge in [-0.1, -0.05) is 11.6 Å². The first-order valence-corrected chi connectivity index (χ1v) is 7.52. The van der Waals surface area contributed by atoms with Gasteiger partial charge in [0.25, 0.3) is 0 Å². The Morgan fingerprint density at radius 3 is 2.89 bits per heavy atom. The SMILES string of the molecule is CNC(CC1=CCCCC1)Cc1cncc(Br)c1. The number of rotatable bonds is 5. The van der Waals surface area contributed by atoms with Crippen LogP contribution < -0.4 is 5.32 Å². The standard InChI is InChI=1S/C15H21BrN2/c1-17-15(8-12-5-3-2-4-6-12)9-13-7-14(16)11-18-10-13/h5,7,10-11,15,17H,2-4,6,8-9H2,1H3. The molecule has 1 aliphatic rings. The molecule has 0 aliphatic heterocycles. The lowest BCUT2D eigenvalue weighted by Gasteiger charge is -2.20. The second kappa shape index (κ2) is 7.05. The Morgan fingerprint density at radius 1 is 1.33 bits per heavy atom. The Morgan fingerprint density at radius 2 is 2.22 bits per heavy atom. The van der Waals surface area contributed by atoms with Crippen molar-refractivity contribution in [2.24, 2.45) is 0 Å². The van der Waals surface area contributed by atoms with Crippen LogP contribution in [0.2, 0.25) is 0 Å². The second-order valence-electron chi connectivity index (χ2n) is 5.01. The largest absolute Gasteiger partial charge is 0.316 e. The Hall–Kier alpha value is -0.670. The summed E-state index contributed by atoms with van der Waals surface area (Å²) in [5.41, 5.74) is 2.92. The number of hydrogen-bond acceptors (Lipinski definition) is 2. The smallest absolute Gasteiger partial charge is 0.0410 e. The molecule has 0 saturated carbocycles. The maximum Gasteiger partial charge on any atom is 0.0410 e. The average molecular weight is 309 g/mol. The van der Waals surface area contributed by atoms with Gasteiger partial charge < -0.3 is 5.32 Å². The van der Waals surface area contributed by atoms with Crippen LogP contribution in [0.25, 0.3) is 0 Å². The highest BCUT2D eigenvalue weighted by Gasteiger charge is 2.12. The molecule has 1 aromatic rings. The van der Waals surface area contributed by atoms with Crippen LogP contribution in [0, 0.1) is 0 Å². The summed E-state index contributed by atoms with van der Waals surface area (Å²) in [4.78, 5) is 4.23. The molecule has 1 N–H and O–H groups in total. The highest BCUT2D eigenvalue weighted by atomic mass is 79.9. The predicted molar refractivity (Wildman–Crippen MR) is 79.7 cm³/mol. The number of pyridine rings is 1. The van der Waals surface area contributed by atoms with E-state index in [9.17, 15) is 0 Å². The molecular weight excluding hydrogens is 288 g/mol. The quantitative estimate of drug-likeness (QED) is 0.835. The van der Waals surface area contributed by atoms with Gasteiger partial charge in [0, 0.05) is 22.9 Å². The third-order valence-corrected chi connectivity index (χ3v) is 3.98. The van der Waals surface area contributed by atoms with E-state index < -0.39 is 0 Å². The Kier molecular flexibility index (Phi) is 5.39. The average Bonchev–Trinajstić information content (AvgIpc) is 2.39. The number of nitrogens with one attached hydrogen (secondary N) is 1. The summed E-state index contributed by atoms with van der Waals surface area (Å²) in [5, 5.41) is 3.43. The molecule has 0 radical (unpaired) electrons. The summed E-state index contributed by atoms with van der Waals surface area (Å²) < 4.78 is 1.06. The molecule has 1 aliphatic carbocycles. The maximum absolute atomic E-state index is 4.23. The van der Waals surface area contributed by atoms with Gasteiger partial charge in [-0.15, -0.1) is 0 Å². The van der Waals surface area contributed by atoms with Crippen molar-refractivity contribution in [2.75, 3.05) is 7.05 Å². The van der Waals surface area contributed by atoms with Gasteiger partial charge in [-0.05, 0) is 73.1 Å². The molecule has 1 aromatic heterocycles. The lowest BCUT2D eigenvalue weighted by atomic mass is 9.92. The zero-order valence-electron chi connectivity index (χ0n) is 11.0. The summed E-state index contributed by atoms with van der Waals surface area (Å²) in [6, 6.07) is 2.68. The molecule has 1 unspecified atom stereocenters. The molecule has 0 amide bonds. The number of allylic oxidation sites excluding steroid dienone is 1. The molecule has 18 heavy (non-hydrogen) atoms. The van der Waals surface area contributed by atoms with Crippen LogP contribution in [-0.4, -0.2) is 18.1 Å². The van der Waals surface area contributed by atoms with E-state index in [0.29, 0.717) is 6.04 Å². The van der Waals surface area contributed by atoms with Crippen molar-refractivity contribution in [3.05, 3.63) is 40.1 Å². The summed E-state index contributed by atoms with van der Waals surface area (Å²) in [6.07, 6.45) is 13.7. The molecule has 98 valence electrons. The Labute approximate surface area is 118 Å². The van der Waals surface area contributed by atoms with Crippen LogP contribution in [-0.2, 0) is 6.42 Å². The van der Waals surface area contributed by atoms with E-state index in [0.717, 1.165) is 10.9 Å². The van der Waals surface area contributed by atoms with Crippen LogP contribution in [0.15, 0.2) is 34.6 Å². The fourth-order valence-electron chi connectivity index (χ4n) is 2.53. The van der Waals surface area contributed by atoms with E-state index >= 15 is 0 Å². The highest BCUT2D eigenvalue weighted by Crippen LogP contribution is 2.22. The molecule has 1 heterocycles. The third kappa shape index (κ3) is 4.21. The van der Waals surface area contributed by atoms with Gasteiger partial charge in [-0.3, -0.25) is 4.98 Å². The summed E-state index contributed by atoms with van der Waals surface area (Å²) in [5.74, 6) is 0. The third-order valence-electron chi connectivity index (χ3n) is 3.55. The van der Waals surface area contributed by atoms with Gasteiger partial charge in [-0.25, -0.2) is 0 Å². The van der Waals surface area contributed by atoms with Gasteiger partial charge in [0.05, 0.1) is 0 Å². The van der Waals surface area contributed by atoms with Crippen molar-refractivity contribution in [2.45, 2.75) is 44.6 Å². The Bertz CT molecular complexity index is 415. The molecule has 3 heteroatoms. The molecule has 0 bridgehead atoms. The van der Waals surface area contributed by atoms with Gasteiger partial charge in [0.15, 0.2) is 0 Å². The number of aromatic nitrogens is 1. The fraction of sp³-hybridized carbons (Fsp3) is 0.533. The number of halogens is 1. The second-order valence-corrected chi connectivity index (χ2v) is 5.93. The zero-order valence-corrected chi connectivity index (χ0v) is 12.5. The van der Waals surface area contributed by atoms with Crippen LogP contribution >= 0.6 is 15.9 Å². The topological polar surface area (TPSA) is 24.9 Å². The summed E-state index contributed by atoms with van der Waals surface area (Å²) in [7, 11) is 2.06. The minimum Gasteiger partial charge on any atom is -0.316 e. The van der Waals surface area contributed by atoms with Crippen molar-refractivity contribution < 1.29 is 0 Å². The van der Waals surface area contributed by atoms with Crippen molar-refractivity contribution in [1.29, 1.82) is 0 Å². The molecule has 0 aromatic carbocycles. The predicted octanol–water partition coefficient (Wildman–Crippen LogP) is 3.87.